The molecule has 112 valence electrons. The minimum Gasteiger partial charge on any atom is -0.292 e. The van der Waals surface area contributed by atoms with Crippen molar-refractivity contribution >= 4 is 22.6 Å². The van der Waals surface area contributed by atoms with Crippen LogP contribution in [0.15, 0.2) is 72.8 Å². The molecule has 4 rings (SSSR count). The van der Waals surface area contributed by atoms with Gasteiger partial charge in [-0.3, -0.25) is 4.57 Å². The number of halogens is 1. The summed E-state index contributed by atoms with van der Waals surface area (Å²) in [5.41, 5.74) is 5.23. The van der Waals surface area contributed by atoms with Crippen LogP contribution in [0.25, 0.3) is 28.1 Å². The Hall–Kier alpha value is -2.58. The smallest absolute Gasteiger partial charge is 0.145 e. The first-order valence-electron chi connectivity index (χ1n) is 7.53. The van der Waals surface area contributed by atoms with Gasteiger partial charge in [-0.15, -0.1) is 0 Å². The van der Waals surface area contributed by atoms with Gasteiger partial charge in [0.05, 0.1) is 11.0 Å². The third kappa shape index (κ3) is 2.41. The summed E-state index contributed by atoms with van der Waals surface area (Å²) in [4.78, 5) is 4.83. The second kappa shape index (κ2) is 5.56. The molecular formula is C20H15ClN2. The molecule has 0 aliphatic carbocycles. The van der Waals surface area contributed by atoms with Gasteiger partial charge in [0.15, 0.2) is 0 Å². The first-order chi connectivity index (χ1) is 11.2. The van der Waals surface area contributed by atoms with E-state index in [0.29, 0.717) is 0 Å². The van der Waals surface area contributed by atoms with Crippen molar-refractivity contribution in [2.24, 2.45) is 0 Å². The molecule has 0 saturated carbocycles. The van der Waals surface area contributed by atoms with Crippen LogP contribution in [0.3, 0.4) is 0 Å². The van der Waals surface area contributed by atoms with Crippen LogP contribution >= 0.6 is 11.6 Å². The Morgan fingerprint density at radius 2 is 1.61 bits per heavy atom. The fourth-order valence-corrected chi connectivity index (χ4v) is 2.96. The molecule has 0 amide bonds. The van der Waals surface area contributed by atoms with Crippen molar-refractivity contribution in [3.8, 4) is 17.1 Å². The molecule has 0 bridgehead atoms. The molecule has 3 heteroatoms. The van der Waals surface area contributed by atoms with E-state index in [9.17, 15) is 0 Å². The number of aromatic nitrogens is 2. The maximum absolute atomic E-state index is 6.35. The van der Waals surface area contributed by atoms with E-state index in [2.05, 4.69) is 28.8 Å². The minimum absolute atomic E-state index is 0.763. The van der Waals surface area contributed by atoms with Crippen molar-refractivity contribution in [2.45, 2.75) is 6.92 Å². The minimum atomic E-state index is 0.763. The van der Waals surface area contributed by atoms with E-state index in [1.165, 1.54) is 0 Å². The average molecular weight is 319 g/mol. The summed E-state index contributed by atoms with van der Waals surface area (Å²) in [6.45, 7) is 2.01. The SMILES string of the molecule is Cc1ccc(-n2c(-c3ccccc3)nc3ccccc32)cc1Cl. The van der Waals surface area contributed by atoms with Gasteiger partial charge in [0.2, 0.25) is 0 Å². The maximum Gasteiger partial charge on any atom is 0.145 e. The molecule has 1 aromatic heterocycles. The maximum atomic E-state index is 6.35. The molecule has 0 saturated heterocycles. The van der Waals surface area contributed by atoms with Crippen LogP contribution in [0.5, 0.6) is 0 Å². The highest BCUT2D eigenvalue weighted by atomic mass is 35.5. The Labute approximate surface area is 140 Å². The normalized spacial score (nSPS) is 11.0. The molecule has 2 nitrogen and oxygen atoms in total. The standard InChI is InChI=1S/C20H15ClN2/c1-14-11-12-16(13-17(14)21)23-19-10-6-5-9-18(19)22-20(23)15-7-3-2-4-8-15/h2-13H,1H3. The predicted molar refractivity (Wildman–Crippen MR) is 96.3 cm³/mol. The molecule has 1 heterocycles. The summed E-state index contributed by atoms with van der Waals surface area (Å²) in [5.74, 6) is 0.923. The largest absolute Gasteiger partial charge is 0.292 e. The third-order valence-corrected chi connectivity index (χ3v) is 4.41. The van der Waals surface area contributed by atoms with E-state index in [1.807, 2.05) is 55.5 Å². The number of hydrogen-bond acceptors (Lipinski definition) is 1. The van der Waals surface area contributed by atoms with Crippen LogP contribution in [-0.2, 0) is 0 Å². The van der Waals surface area contributed by atoms with E-state index in [-0.39, 0.29) is 0 Å². The van der Waals surface area contributed by atoms with Gasteiger partial charge in [-0.1, -0.05) is 60.1 Å². The number of para-hydroxylation sites is 2. The summed E-state index contributed by atoms with van der Waals surface area (Å²) in [5, 5.41) is 0.763. The number of benzene rings is 3. The molecule has 0 radical (unpaired) electrons. The zero-order chi connectivity index (χ0) is 15.8. The van der Waals surface area contributed by atoms with Crippen LogP contribution in [0.4, 0.5) is 0 Å². The number of rotatable bonds is 2. The van der Waals surface area contributed by atoms with Crippen LogP contribution in [0.2, 0.25) is 5.02 Å². The van der Waals surface area contributed by atoms with Crippen molar-refractivity contribution in [1.82, 2.24) is 9.55 Å². The van der Waals surface area contributed by atoms with E-state index >= 15 is 0 Å². The second-order valence-electron chi connectivity index (χ2n) is 5.56. The summed E-state index contributed by atoms with van der Waals surface area (Å²) < 4.78 is 2.16. The number of nitrogens with zero attached hydrogens (tertiary/aromatic N) is 2. The first kappa shape index (κ1) is 14.0. The average Bonchev–Trinajstić information content (AvgIpc) is 2.98. The van der Waals surface area contributed by atoms with Gasteiger partial charge in [-0.2, -0.15) is 0 Å². The highest BCUT2D eigenvalue weighted by molar-refractivity contribution is 6.31. The lowest BCUT2D eigenvalue weighted by molar-refractivity contribution is 1.10. The number of fused-ring (bicyclic) bond motifs is 1. The van der Waals surface area contributed by atoms with Crippen molar-refractivity contribution in [2.75, 3.05) is 0 Å². The number of hydrogen-bond donors (Lipinski definition) is 0. The van der Waals surface area contributed by atoms with E-state index in [0.717, 1.165) is 38.7 Å². The molecule has 0 atom stereocenters. The molecule has 0 aliphatic heterocycles. The highest BCUT2D eigenvalue weighted by Gasteiger charge is 2.14. The molecule has 0 unspecified atom stereocenters. The Balaban J connectivity index is 2.05. The monoisotopic (exact) mass is 318 g/mol. The van der Waals surface area contributed by atoms with Gasteiger partial charge in [0, 0.05) is 16.3 Å². The number of aryl methyl sites for hydroxylation is 1. The lowest BCUT2D eigenvalue weighted by Crippen LogP contribution is -1.97. The van der Waals surface area contributed by atoms with Crippen LogP contribution in [0.1, 0.15) is 5.56 Å². The van der Waals surface area contributed by atoms with E-state index < -0.39 is 0 Å². The van der Waals surface area contributed by atoms with Crippen molar-refractivity contribution in [1.29, 1.82) is 0 Å². The van der Waals surface area contributed by atoms with Gasteiger partial charge in [-0.05, 0) is 36.8 Å². The fourth-order valence-electron chi connectivity index (χ4n) is 2.79. The number of imidazole rings is 1. The first-order valence-corrected chi connectivity index (χ1v) is 7.91. The Morgan fingerprint density at radius 3 is 2.39 bits per heavy atom. The van der Waals surface area contributed by atoms with Gasteiger partial charge in [0.25, 0.3) is 0 Å². The molecular weight excluding hydrogens is 304 g/mol. The molecule has 0 aliphatic rings. The lowest BCUT2D eigenvalue weighted by Gasteiger charge is -2.11. The van der Waals surface area contributed by atoms with Crippen molar-refractivity contribution < 1.29 is 0 Å². The van der Waals surface area contributed by atoms with Crippen molar-refractivity contribution in [3.05, 3.63) is 83.4 Å². The summed E-state index contributed by atoms with van der Waals surface area (Å²) in [7, 11) is 0. The second-order valence-corrected chi connectivity index (χ2v) is 5.97. The summed E-state index contributed by atoms with van der Waals surface area (Å²) in [6.07, 6.45) is 0. The van der Waals surface area contributed by atoms with Gasteiger partial charge in [-0.25, -0.2) is 4.98 Å². The molecule has 23 heavy (non-hydrogen) atoms. The summed E-state index contributed by atoms with van der Waals surface area (Å²) in [6, 6.07) is 24.5. The molecule has 0 spiro atoms. The van der Waals surface area contributed by atoms with Gasteiger partial charge >= 0.3 is 0 Å². The van der Waals surface area contributed by atoms with E-state index in [4.69, 9.17) is 16.6 Å². The van der Waals surface area contributed by atoms with Crippen molar-refractivity contribution in [3.63, 3.8) is 0 Å². The Morgan fingerprint density at radius 1 is 0.870 bits per heavy atom. The van der Waals surface area contributed by atoms with Crippen LogP contribution in [-0.4, -0.2) is 9.55 Å². The van der Waals surface area contributed by atoms with E-state index in [1.54, 1.807) is 0 Å². The molecule has 0 N–H and O–H groups in total. The van der Waals surface area contributed by atoms with Crippen LogP contribution in [0, 0.1) is 6.92 Å². The Kier molecular flexibility index (Phi) is 3.40. The quantitative estimate of drug-likeness (QED) is 0.466. The molecule has 3 aromatic carbocycles. The molecule has 4 aromatic rings. The lowest BCUT2D eigenvalue weighted by atomic mass is 10.2. The zero-order valence-corrected chi connectivity index (χ0v) is 13.5. The summed E-state index contributed by atoms with van der Waals surface area (Å²) >= 11 is 6.35. The predicted octanol–water partition coefficient (Wildman–Crippen LogP) is 5.65. The van der Waals surface area contributed by atoms with Gasteiger partial charge in [0.1, 0.15) is 5.82 Å². The zero-order valence-electron chi connectivity index (χ0n) is 12.7. The Bertz CT molecular complexity index is 987. The third-order valence-electron chi connectivity index (χ3n) is 4.01. The fraction of sp³-hybridized carbons (Fsp3) is 0.0500. The highest BCUT2D eigenvalue weighted by Crippen LogP contribution is 2.30. The molecule has 0 fully saturated rings. The van der Waals surface area contributed by atoms with Crippen LogP contribution < -0.4 is 0 Å². The topological polar surface area (TPSA) is 17.8 Å². The van der Waals surface area contributed by atoms with Gasteiger partial charge < -0.3 is 0 Å².